The molecular weight excluding hydrogens is 422 g/mol. The fourth-order valence-electron chi connectivity index (χ4n) is 6.41. The first-order chi connectivity index (χ1) is 16.9. The largest absolute Gasteiger partial charge is 0.372 e. The number of nitrogens with zero attached hydrogens (tertiary/aromatic N) is 1. The second-order valence-corrected chi connectivity index (χ2v) is 11.0. The standard InChI is InChI=1S/C34H45N/c1-7-11-20-34(21-12-8-2)31-24-27(26(5)33(6,9-3)10-4)16-18-29(31)30-19-17-28(25-32(30)34)35-22-14-13-15-23-35/h7-8,16-19,24-25H,1-2,5,9-15,20-23H2,3-4,6H3. The van der Waals surface area contributed by atoms with Gasteiger partial charge < -0.3 is 4.90 Å². The van der Waals surface area contributed by atoms with Crippen LogP contribution in [0.5, 0.6) is 0 Å². The molecule has 4 rings (SSSR count). The van der Waals surface area contributed by atoms with E-state index in [0.717, 1.165) is 38.5 Å². The Morgan fingerprint density at radius 3 is 2.03 bits per heavy atom. The second-order valence-electron chi connectivity index (χ2n) is 11.0. The van der Waals surface area contributed by atoms with Crippen molar-refractivity contribution in [2.24, 2.45) is 5.41 Å². The second kappa shape index (κ2) is 10.6. The third-order valence-corrected chi connectivity index (χ3v) is 9.25. The van der Waals surface area contributed by atoms with Gasteiger partial charge in [-0.1, -0.05) is 57.7 Å². The molecule has 0 bridgehead atoms. The minimum Gasteiger partial charge on any atom is -0.372 e. The van der Waals surface area contributed by atoms with E-state index in [9.17, 15) is 0 Å². The Morgan fingerprint density at radius 2 is 1.46 bits per heavy atom. The average molecular weight is 468 g/mol. The molecule has 1 aliphatic heterocycles. The molecule has 0 N–H and O–H groups in total. The van der Waals surface area contributed by atoms with Crippen LogP contribution in [-0.2, 0) is 5.41 Å². The summed E-state index contributed by atoms with van der Waals surface area (Å²) < 4.78 is 0. The number of hydrogen-bond acceptors (Lipinski definition) is 1. The lowest BCUT2D eigenvalue weighted by Gasteiger charge is -2.35. The van der Waals surface area contributed by atoms with Crippen molar-refractivity contribution in [1.82, 2.24) is 0 Å². The summed E-state index contributed by atoms with van der Waals surface area (Å²) in [5.74, 6) is 0. The molecule has 1 saturated heterocycles. The normalized spacial score (nSPS) is 16.5. The van der Waals surface area contributed by atoms with Crippen LogP contribution in [0.2, 0.25) is 0 Å². The lowest BCUT2D eigenvalue weighted by Crippen LogP contribution is -2.30. The minimum atomic E-state index is -0.00996. The first-order valence-electron chi connectivity index (χ1n) is 13.9. The molecule has 1 nitrogen and oxygen atoms in total. The van der Waals surface area contributed by atoms with Crippen LogP contribution in [0.1, 0.15) is 95.2 Å². The summed E-state index contributed by atoms with van der Waals surface area (Å²) in [6.45, 7) is 22.1. The Labute approximate surface area is 214 Å². The Balaban J connectivity index is 1.88. The van der Waals surface area contributed by atoms with Gasteiger partial charge in [-0.25, -0.2) is 0 Å². The van der Waals surface area contributed by atoms with Crippen LogP contribution in [0.4, 0.5) is 5.69 Å². The van der Waals surface area contributed by atoms with Crippen LogP contribution < -0.4 is 4.90 Å². The number of benzene rings is 2. The SMILES string of the molecule is C=CCCC1(CCC=C)c2cc(C(=C)C(C)(CC)CC)ccc2-c2ccc(N3CCCCC3)cc21. The average Bonchev–Trinajstić information content (AvgIpc) is 3.18. The number of allylic oxidation sites excluding steroid dienone is 3. The van der Waals surface area contributed by atoms with Crippen molar-refractivity contribution in [1.29, 1.82) is 0 Å². The van der Waals surface area contributed by atoms with Crippen molar-refractivity contribution in [3.63, 3.8) is 0 Å². The van der Waals surface area contributed by atoms with E-state index in [1.807, 2.05) is 0 Å². The number of rotatable bonds is 11. The van der Waals surface area contributed by atoms with Crippen molar-refractivity contribution in [2.75, 3.05) is 18.0 Å². The van der Waals surface area contributed by atoms with E-state index in [2.05, 4.69) is 94.0 Å². The molecular formula is C34H45N. The lowest BCUT2D eigenvalue weighted by molar-refractivity contribution is 0.414. The van der Waals surface area contributed by atoms with E-state index in [0.29, 0.717) is 0 Å². The fourth-order valence-corrected chi connectivity index (χ4v) is 6.41. The van der Waals surface area contributed by atoms with Gasteiger partial charge in [-0.15, -0.1) is 13.2 Å². The van der Waals surface area contributed by atoms with Gasteiger partial charge in [0.2, 0.25) is 0 Å². The summed E-state index contributed by atoms with van der Waals surface area (Å²) in [7, 11) is 0. The predicted octanol–water partition coefficient (Wildman–Crippen LogP) is 9.72. The van der Waals surface area contributed by atoms with Crippen LogP contribution in [0, 0.1) is 5.41 Å². The molecule has 1 fully saturated rings. The monoisotopic (exact) mass is 467 g/mol. The molecule has 0 unspecified atom stereocenters. The summed E-state index contributed by atoms with van der Waals surface area (Å²) >= 11 is 0. The number of piperidine rings is 1. The van der Waals surface area contributed by atoms with Gasteiger partial charge in [-0.05, 0) is 115 Å². The molecule has 0 spiro atoms. The van der Waals surface area contributed by atoms with Crippen LogP contribution in [-0.4, -0.2) is 13.1 Å². The quantitative estimate of drug-likeness (QED) is 0.297. The zero-order valence-electron chi connectivity index (χ0n) is 22.5. The number of anilines is 1. The van der Waals surface area contributed by atoms with Gasteiger partial charge in [0.1, 0.15) is 0 Å². The summed E-state index contributed by atoms with van der Waals surface area (Å²) in [5.41, 5.74) is 9.92. The molecule has 0 atom stereocenters. The highest BCUT2D eigenvalue weighted by Gasteiger charge is 2.43. The summed E-state index contributed by atoms with van der Waals surface area (Å²) in [6.07, 6.45) is 14.6. The van der Waals surface area contributed by atoms with Crippen LogP contribution in [0.3, 0.4) is 0 Å². The molecule has 2 aromatic carbocycles. The number of fused-ring (bicyclic) bond motifs is 3. The molecule has 0 amide bonds. The summed E-state index contributed by atoms with van der Waals surface area (Å²) in [5, 5.41) is 0. The third-order valence-electron chi connectivity index (χ3n) is 9.25. The molecule has 35 heavy (non-hydrogen) atoms. The van der Waals surface area contributed by atoms with E-state index in [-0.39, 0.29) is 10.8 Å². The molecule has 0 saturated carbocycles. The Hall–Kier alpha value is -2.54. The first kappa shape index (κ1) is 25.5. The minimum absolute atomic E-state index is 0.00996. The zero-order chi connectivity index (χ0) is 25.1. The molecule has 0 aromatic heterocycles. The van der Waals surface area contributed by atoms with Crippen LogP contribution >= 0.6 is 0 Å². The maximum atomic E-state index is 4.62. The van der Waals surface area contributed by atoms with Gasteiger partial charge in [0, 0.05) is 24.2 Å². The Bertz CT molecular complexity index is 1070. The van der Waals surface area contributed by atoms with Gasteiger partial charge in [-0.3, -0.25) is 0 Å². The number of hydrogen-bond donors (Lipinski definition) is 0. The highest BCUT2D eigenvalue weighted by molar-refractivity contribution is 5.85. The third kappa shape index (κ3) is 4.55. The van der Waals surface area contributed by atoms with E-state index in [1.165, 1.54) is 71.4 Å². The smallest absolute Gasteiger partial charge is 0.0369 e. The molecule has 1 heterocycles. The van der Waals surface area contributed by atoms with Gasteiger partial charge in [-0.2, -0.15) is 0 Å². The van der Waals surface area contributed by atoms with Crippen LogP contribution in [0.15, 0.2) is 68.3 Å². The maximum absolute atomic E-state index is 4.62. The van der Waals surface area contributed by atoms with Crippen molar-refractivity contribution in [3.05, 3.63) is 85.0 Å². The molecule has 1 aliphatic carbocycles. The molecule has 2 aromatic rings. The van der Waals surface area contributed by atoms with Gasteiger partial charge in [0.05, 0.1) is 0 Å². The molecule has 1 heteroatoms. The topological polar surface area (TPSA) is 3.24 Å². The van der Waals surface area contributed by atoms with Crippen molar-refractivity contribution < 1.29 is 0 Å². The van der Waals surface area contributed by atoms with E-state index >= 15 is 0 Å². The van der Waals surface area contributed by atoms with Crippen LogP contribution in [0.25, 0.3) is 16.7 Å². The maximum Gasteiger partial charge on any atom is 0.0369 e. The van der Waals surface area contributed by atoms with E-state index < -0.39 is 0 Å². The van der Waals surface area contributed by atoms with Gasteiger partial charge in [0.25, 0.3) is 0 Å². The highest BCUT2D eigenvalue weighted by atomic mass is 15.1. The van der Waals surface area contributed by atoms with E-state index in [1.54, 1.807) is 0 Å². The fraction of sp³-hybridized carbons (Fsp3) is 0.471. The first-order valence-corrected chi connectivity index (χ1v) is 13.9. The molecule has 2 aliphatic rings. The summed E-state index contributed by atoms with van der Waals surface area (Å²) in [4.78, 5) is 2.60. The van der Waals surface area contributed by atoms with Gasteiger partial charge >= 0.3 is 0 Å². The van der Waals surface area contributed by atoms with E-state index in [4.69, 9.17) is 0 Å². The molecule has 186 valence electrons. The summed E-state index contributed by atoms with van der Waals surface area (Å²) in [6, 6.07) is 14.5. The zero-order valence-corrected chi connectivity index (χ0v) is 22.5. The molecule has 0 radical (unpaired) electrons. The predicted molar refractivity (Wildman–Crippen MR) is 155 cm³/mol. The Kier molecular flexibility index (Phi) is 7.74. The van der Waals surface area contributed by atoms with Crippen molar-refractivity contribution >= 4 is 11.3 Å². The Morgan fingerprint density at radius 1 is 0.886 bits per heavy atom. The lowest BCUT2D eigenvalue weighted by atomic mass is 9.69. The van der Waals surface area contributed by atoms with Crippen molar-refractivity contribution in [2.45, 2.75) is 84.0 Å². The highest BCUT2D eigenvalue weighted by Crippen LogP contribution is 2.55. The van der Waals surface area contributed by atoms with Gasteiger partial charge in [0.15, 0.2) is 0 Å². The van der Waals surface area contributed by atoms with Crippen molar-refractivity contribution in [3.8, 4) is 11.1 Å².